The van der Waals surface area contributed by atoms with E-state index in [2.05, 4.69) is 64.6 Å². The van der Waals surface area contributed by atoms with E-state index >= 15 is 0 Å². The molecule has 1 N–H and O–H groups in total. The molecule has 1 aromatic carbocycles. The highest BCUT2D eigenvalue weighted by Crippen LogP contribution is 2.06. The second-order valence-corrected chi connectivity index (χ2v) is 6.12. The summed E-state index contributed by atoms with van der Waals surface area (Å²) in [7, 11) is 0. The maximum Gasteiger partial charge on any atom is 0.00554 e. The predicted octanol–water partition coefficient (Wildman–Crippen LogP) is 8.19. The van der Waals surface area contributed by atoms with Crippen molar-refractivity contribution in [2.45, 2.75) is 88.0 Å². The largest absolute Gasteiger partial charge is 0.310 e. The van der Waals surface area contributed by atoms with Crippen LogP contribution in [-0.2, 0) is 12.8 Å². The molecule has 0 bridgehead atoms. The van der Waals surface area contributed by atoms with Crippen molar-refractivity contribution in [1.82, 2.24) is 0 Å². The Hall–Kier alpha value is -1.63. The van der Waals surface area contributed by atoms with Gasteiger partial charge in [-0.2, -0.15) is 0 Å². The Balaban J connectivity index is -0.000000300. The summed E-state index contributed by atoms with van der Waals surface area (Å²) < 4.78 is 0. The van der Waals surface area contributed by atoms with Crippen molar-refractivity contribution in [3.63, 3.8) is 0 Å². The number of nitrogens with one attached hydrogen (secondary N) is 1. The fraction of sp³-hybridized carbons (Fsp3) is 0.542. The first-order valence-corrected chi connectivity index (χ1v) is 9.68. The van der Waals surface area contributed by atoms with Gasteiger partial charge in [0.1, 0.15) is 0 Å². The normalized spacial score (nSPS) is 8.36. The molecular formula is C24H43N. The molecule has 0 unspecified atom stereocenters. The Morgan fingerprint density at radius 1 is 0.920 bits per heavy atom. The number of rotatable bonds is 5. The van der Waals surface area contributed by atoms with Crippen molar-refractivity contribution >= 4 is 5.71 Å². The summed E-state index contributed by atoms with van der Waals surface area (Å²) in [5.41, 5.74) is 6.09. The smallest absolute Gasteiger partial charge is 0.00554 e. The van der Waals surface area contributed by atoms with E-state index in [1.165, 1.54) is 29.5 Å². The minimum absolute atomic E-state index is 0.755. The zero-order valence-electron chi connectivity index (χ0n) is 18.4. The molecule has 0 aromatic heterocycles. The molecule has 0 aliphatic carbocycles. The molecule has 144 valence electrons. The quantitative estimate of drug-likeness (QED) is 0.411. The summed E-state index contributed by atoms with van der Waals surface area (Å²) in [6.45, 7) is 22.0. The van der Waals surface area contributed by atoms with Crippen LogP contribution in [0.1, 0.15) is 86.3 Å². The van der Waals surface area contributed by atoms with Crippen LogP contribution < -0.4 is 0 Å². The van der Waals surface area contributed by atoms with Crippen LogP contribution in [0.25, 0.3) is 0 Å². The monoisotopic (exact) mass is 345 g/mol. The molecule has 0 aliphatic rings. The van der Waals surface area contributed by atoms with Crippen molar-refractivity contribution in [3.05, 3.63) is 59.2 Å². The van der Waals surface area contributed by atoms with Crippen LogP contribution in [0.3, 0.4) is 0 Å². The van der Waals surface area contributed by atoms with Gasteiger partial charge in [0.25, 0.3) is 0 Å². The number of allylic oxidation sites excluding steroid dienone is 3. The van der Waals surface area contributed by atoms with Gasteiger partial charge in [-0.1, -0.05) is 89.1 Å². The third kappa shape index (κ3) is 24.7. The summed E-state index contributed by atoms with van der Waals surface area (Å²) in [5.74, 6) is 0. The Morgan fingerprint density at radius 3 is 1.52 bits per heavy atom. The molecule has 0 saturated heterocycles. The van der Waals surface area contributed by atoms with Crippen molar-refractivity contribution in [3.8, 4) is 0 Å². The Morgan fingerprint density at radius 2 is 1.32 bits per heavy atom. The Kier molecular flexibility index (Phi) is 23.0. The molecular weight excluding hydrogens is 302 g/mol. The average Bonchev–Trinajstić information content (AvgIpc) is 2.57. The maximum absolute atomic E-state index is 6.74. The highest BCUT2D eigenvalue weighted by atomic mass is 14.4. The van der Waals surface area contributed by atoms with E-state index in [9.17, 15) is 0 Å². The molecule has 0 atom stereocenters. The summed E-state index contributed by atoms with van der Waals surface area (Å²) in [4.78, 5) is 0. The van der Waals surface area contributed by atoms with Gasteiger partial charge in [-0.3, -0.25) is 0 Å². The summed E-state index contributed by atoms with van der Waals surface area (Å²) >= 11 is 0. The number of hydrogen-bond donors (Lipinski definition) is 1. The fourth-order valence-electron chi connectivity index (χ4n) is 1.72. The predicted molar refractivity (Wildman–Crippen MR) is 119 cm³/mol. The first-order valence-electron chi connectivity index (χ1n) is 9.68. The van der Waals surface area contributed by atoms with Crippen molar-refractivity contribution in [1.29, 1.82) is 5.41 Å². The van der Waals surface area contributed by atoms with Gasteiger partial charge in [-0.05, 0) is 58.1 Å². The molecule has 1 heteroatoms. The van der Waals surface area contributed by atoms with E-state index in [-0.39, 0.29) is 0 Å². The van der Waals surface area contributed by atoms with Gasteiger partial charge in [0, 0.05) is 5.71 Å². The van der Waals surface area contributed by atoms with Gasteiger partial charge < -0.3 is 5.41 Å². The lowest BCUT2D eigenvalue weighted by Crippen LogP contribution is -1.84. The molecule has 0 radical (unpaired) electrons. The molecule has 0 saturated carbocycles. The highest BCUT2D eigenvalue weighted by molar-refractivity contribution is 5.78. The van der Waals surface area contributed by atoms with Gasteiger partial charge in [0.15, 0.2) is 0 Å². The molecule has 0 heterocycles. The third-order valence-electron chi connectivity index (χ3n) is 3.04. The number of hydrogen-bond acceptors (Lipinski definition) is 1. The van der Waals surface area contributed by atoms with Gasteiger partial charge in [0.05, 0.1) is 0 Å². The van der Waals surface area contributed by atoms with Gasteiger partial charge in [0.2, 0.25) is 0 Å². The van der Waals surface area contributed by atoms with Crippen molar-refractivity contribution < 1.29 is 0 Å². The zero-order chi connectivity index (χ0) is 20.3. The lowest BCUT2D eigenvalue weighted by Gasteiger charge is -1.99. The number of benzene rings is 1. The van der Waals surface area contributed by atoms with Gasteiger partial charge in [-0.15, -0.1) is 0 Å². The average molecular weight is 346 g/mol. The minimum atomic E-state index is 0.755. The Labute approximate surface area is 158 Å². The van der Waals surface area contributed by atoms with Crippen LogP contribution in [0.15, 0.2) is 48.1 Å². The molecule has 0 spiro atoms. The molecule has 1 nitrogen and oxygen atoms in total. The molecule has 0 aliphatic heterocycles. The first kappa shape index (κ1) is 28.2. The summed E-state index contributed by atoms with van der Waals surface area (Å²) in [6, 6.07) is 8.93. The first-order chi connectivity index (χ1) is 11.8. The SMILES string of the molecule is C=C(C)C=C(C)C.CC.CCC(C)=N.CCCc1ccc(CC)cc1. The van der Waals surface area contributed by atoms with Crippen LogP contribution in [0, 0.1) is 5.41 Å². The fourth-order valence-corrected chi connectivity index (χ4v) is 1.72. The number of aryl methyl sites for hydroxylation is 2. The molecule has 1 rings (SSSR count). The summed E-state index contributed by atoms with van der Waals surface area (Å²) in [6.07, 6.45) is 6.54. The zero-order valence-corrected chi connectivity index (χ0v) is 18.4. The topological polar surface area (TPSA) is 23.9 Å². The van der Waals surface area contributed by atoms with E-state index in [1.54, 1.807) is 6.92 Å². The lowest BCUT2D eigenvalue weighted by molar-refractivity contribution is 0.920. The van der Waals surface area contributed by atoms with E-state index in [0.29, 0.717) is 0 Å². The van der Waals surface area contributed by atoms with Crippen LogP contribution in [0.5, 0.6) is 0 Å². The maximum atomic E-state index is 6.74. The van der Waals surface area contributed by atoms with E-state index in [0.717, 1.165) is 24.1 Å². The van der Waals surface area contributed by atoms with Crippen molar-refractivity contribution in [2.24, 2.45) is 0 Å². The second-order valence-electron chi connectivity index (χ2n) is 6.12. The third-order valence-corrected chi connectivity index (χ3v) is 3.04. The second kappa shape index (κ2) is 20.4. The molecule has 1 aromatic rings. The van der Waals surface area contributed by atoms with Crippen LogP contribution >= 0.6 is 0 Å². The van der Waals surface area contributed by atoms with Gasteiger partial charge in [-0.25, -0.2) is 0 Å². The standard InChI is InChI=1S/C11H16.C7H12.C4H9N.C2H6/c1-3-5-11-8-6-10(4-2)7-9-11;1-6(2)5-7(3)4;1-3-4(2)5;1-2/h6-9H,3-5H2,1-2H3;5H,1H2,2-4H3;5H,3H2,1-2H3;1-2H3. The lowest BCUT2D eigenvalue weighted by atomic mass is 10.1. The molecule has 0 amide bonds. The highest BCUT2D eigenvalue weighted by Gasteiger charge is 1.90. The van der Waals surface area contributed by atoms with E-state index in [4.69, 9.17) is 5.41 Å². The summed E-state index contributed by atoms with van der Waals surface area (Å²) in [5, 5.41) is 6.74. The van der Waals surface area contributed by atoms with E-state index in [1.807, 2.05) is 27.7 Å². The minimum Gasteiger partial charge on any atom is -0.310 e. The molecule has 25 heavy (non-hydrogen) atoms. The van der Waals surface area contributed by atoms with Crippen LogP contribution in [0.4, 0.5) is 0 Å². The van der Waals surface area contributed by atoms with E-state index < -0.39 is 0 Å². The molecule has 0 fully saturated rings. The van der Waals surface area contributed by atoms with Crippen LogP contribution in [0.2, 0.25) is 0 Å². The Bertz CT molecular complexity index is 459. The van der Waals surface area contributed by atoms with Gasteiger partial charge >= 0.3 is 0 Å². The van der Waals surface area contributed by atoms with Crippen LogP contribution in [-0.4, -0.2) is 5.71 Å². The van der Waals surface area contributed by atoms with Crippen molar-refractivity contribution in [2.75, 3.05) is 0 Å².